The molecule has 2 rings (SSSR count). The van der Waals surface area contributed by atoms with E-state index in [9.17, 15) is 14.9 Å². The first kappa shape index (κ1) is 16.4. The van der Waals surface area contributed by atoms with E-state index in [0.717, 1.165) is 0 Å². The predicted octanol–water partition coefficient (Wildman–Crippen LogP) is 2.44. The highest BCUT2D eigenvalue weighted by atomic mass is 16.6. The van der Waals surface area contributed by atoms with Crippen LogP contribution < -0.4 is 5.32 Å². The lowest BCUT2D eigenvalue weighted by Gasteiger charge is -2.00. The summed E-state index contributed by atoms with van der Waals surface area (Å²) in [5.41, 5.74) is 1.09. The van der Waals surface area contributed by atoms with Crippen molar-refractivity contribution in [2.75, 3.05) is 11.9 Å². The maximum absolute atomic E-state index is 11.8. The average molecular weight is 316 g/mol. The monoisotopic (exact) mass is 316 g/mol. The van der Waals surface area contributed by atoms with E-state index in [0.29, 0.717) is 24.6 Å². The van der Waals surface area contributed by atoms with Gasteiger partial charge in [0.2, 0.25) is 5.91 Å². The fourth-order valence-electron chi connectivity index (χ4n) is 1.78. The lowest BCUT2D eigenvalue weighted by atomic mass is 10.2. The Bertz CT molecular complexity index is 724. The van der Waals surface area contributed by atoms with Gasteiger partial charge >= 0.3 is 0 Å². The first-order valence-corrected chi connectivity index (χ1v) is 6.92. The van der Waals surface area contributed by atoms with Gasteiger partial charge in [0.05, 0.1) is 23.0 Å². The van der Waals surface area contributed by atoms with Crippen LogP contribution in [0, 0.1) is 10.1 Å². The molecule has 0 radical (unpaired) electrons. The van der Waals surface area contributed by atoms with E-state index in [1.165, 1.54) is 30.5 Å². The summed E-state index contributed by atoms with van der Waals surface area (Å²) in [6.07, 6.45) is 5.97. The van der Waals surface area contributed by atoms with Crippen molar-refractivity contribution in [3.8, 4) is 0 Å². The number of carbonyl (C=O) groups is 1. The smallest absolute Gasteiger partial charge is 0.270 e. The summed E-state index contributed by atoms with van der Waals surface area (Å²) in [5, 5.41) is 17.4. The molecule has 8 nitrogen and oxygen atoms in total. The molecule has 0 spiro atoms. The van der Waals surface area contributed by atoms with Gasteiger partial charge in [0.25, 0.3) is 5.69 Å². The molecule has 120 valence electrons. The molecular weight excluding hydrogens is 300 g/mol. The summed E-state index contributed by atoms with van der Waals surface area (Å²) >= 11 is 0. The highest BCUT2D eigenvalue weighted by Gasteiger charge is 2.05. The van der Waals surface area contributed by atoms with Crippen molar-refractivity contribution in [1.82, 2.24) is 9.78 Å². The normalized spacial score (nSPS) is 10.8. The zero-order valence-corrected chi connectivity index (χ0v) is 12.5. The highest BCUT2D eigenvalue weighted by Crippen LogP contribution is 2.14. The molecule has 8 heteroatoms. The standard InChI is InChI=1S/C15H16N4O4/c1-2-23-11-18-10-13(9-16-18)17-15(20)7-6-12-4-3-5-14(8-12)19(21)22/h3-10H,2,11H2,1H3,(H,17,20)/b7-6+. The number of nitrogens with one attached hydrogen (secondary N) is 1. The zero-order chi connectivity index (χ0) is 16.7. The van der Waals surface area contributed by atoms with Crippen molar-refractivity contribution in [1.29, 1.82) is 0 Å². The Labute approximate surface area is 132 Å². The Morgan fingerprint density at radius 1 is 1.52 bits per heavy atom. The van der Waals surface area contributed by atoms with Crippen molar-refractivity contribution in [3.05, 3.63) is 58.4 Å². The topological polar surface area (TPSA) is 99.3 Å². The van der Waals surface area contributed by atoms with E-state index < -0.39 is 4.92 Å². The number of non-ortho nitro benzene ring substituents is 1. The van der Waals surface area contributed by atoms with E-state index in [-0.39, 0.29) is 11.6 Å². The molecule has 0 saturated heterocycles. The van der Waals surface area contributed by atoms with Gasteiger partial charge in [0.1, 0.15) is 6.73 Å². The van der Waals surface area contributed by atoms with Crippen LogP contribution in [0.25, 0.3) is 6.08 Å². The zero-order valence-electron chi connectivity index (χ0n) is 12.5. The SMILES string of the molecule is CCOCn1cc(NC(=O)/C=C/c2cccc([N+](=O)[O-])c2)cn1. The summed E-state index contributed by atoms with van der Waals surface area (Å²) in [6, 6.07) is 6.03. The van der Waals surface area contributed by atoms with E-state index in [2.05, 4.69) is 10.4 Å². The Morgan fingerprint density at radius 2 is 2.35 bits per heavy atom. The molecule has 1 aromatic heterocycles. The van der Waals surface area contributed by atoms with Gasteiger partial charge in [-0.1, -0.05) is 12.1 Å². The predicted molar refractivity (Wildman–Crippen MR) is 84.6 cm³/mol. The van der Waals surface area contributed by atoms with Crippen LogP contribution in [0.15, 0.2) is 42.7 Å². The minimum Gasteiger partial charge on any atom is -0.360 e. The van der Waals surface area contributed by atoms with Crippen molar-refractivity contribution in [2.24, 2.45) is 0 Å². The van der Waals surface area contributed by atoms with Crippen molar-refractivity contribution < 1.29 is 14.5 Å². The molecule has 0 aliphatic rings. The number of hydrogen-bond acceptors (Lipinski definition) is 5. The van der Waals surface area contributed by atoms with Gasteiger partial charge in [-0.3, -0.25) is 14.9 Å². The van der Waals surface area contributed by atoms with Crippen molar-refractivity contribution in [2.45, 2.75) is 13.7 Å². The van der Waals surface area contributed by atoms with Gasteiger partial charge in [-0.2, -0.15) is 5.10 Å². The van der Waals surface area contributed by atoms with Gasteiger partial charge < -0.3 is 10.1 Å². The van der Waals surface area contributed by atoms with E-state index >= 15 is 0 Å². The van der Waals surface area contributed by atoms with Gasteiger partial charge in [-0.15, -0.1) is 0 Å². The van der Waals surface area contributed by atoms with Gasteiger partial charge in [-0.05, 0) is 18.6 Å². The number of nitrogens with zero attached hydrogens (tertiary/aromatic N) is 3. The molecule has 1 amide bonds. The van der Waals surface area contributed by atoms with Crippen LogP contribution in [0.1, 0.15) is 12.5 Å². The lowest BCUT2D eigenvalue weighted by molar-refractivity contribution is -0.384. The van der Waals surface area contributed by atoms with Crippen LogP contribution in [0.5, 0.6) is 0 Å². The molecular formula is C15H16N4O4. The number of carbonyl (C=O) groups excluding carboxylic acids is 1. The summed E-state index contributed by atoms with van der Waals surface area (Å²) < 4.78 is 6.75. The maximum atomic E-state index is 11.8. The number of nitro groups is 1. The Morgan fingerprint density at radius 3 is 3.09 bits per heavy atom. The number of amides is 1. The lowest BCUT2D eigenvalue weighted by Crippen LogP contribution is -2.07. The minimum atomic E-state index is -0.482. The second-order valence-corrected chi connectivity index (χ2v) is 4.57. The third-order valence-corrected chi connectivity index (χ3v) is 2.84. The number of rotatable bonds is 7. The van der Waals surface area contributed by atoms with Gasteiger partial charge in [-0.25, -0.2) is 4.68 Å². The molecule has 1 N–H and O–H groups in total. The molecule has 0 atom stereocenters. The third kappa shape index (κ3) is 5.04. The Balaban J connectivity index is 1.95. The average Bonchev–Trinajstić information content (AvgIpc) is 2.98. The second-order valence-electron chi connectivity index (χ2n) is 4.57. The van der Waals surface area contributed by atoms with E-state index in [1.54, 1.807) is 23.0 Å². The van der Waals surface area contributed by atoms with Gasteiger partial charge in [0.15, 0.2) is 0 Å². The van der Waals surface area contributed by atoms with E-state index in [4.69, 9.17) is 4.74 Å². The van der Waals surface area contributed by atoms with Crippen LogP contribution in [-0.4, -0.2) is 27.2 Å². The highest BCUT2D eigenvalue weighted by molar-refractivity contribution is 6.01. The Kier molecular flexibility index (Phi) is 5.59. The molecule has 2 aromatic rings. The van der Waals surface area contributed by atoms with E-state index in [1.807, 2.05) is 6.92 Å². The summed E-state index contributed by atoms with van der Waals surface area (Å²) in [4.78, 5) is 22.0. The van der Waals surface area contributed by atoms with Crippen LogP contribution in [0.3, 0.4) is 0 Å². The molecule has 0 fully saturated rings. The molecule has 0 unspecified atom stereocenters. The Hall–Kier alpha value is -3.00. The number of benzene rings is 1. The molecule has 0 aliphatic heterocycles. The molecule has 0 saturated carbocycles. The van der Waals surface area contributed by atoms with Crippen LogP contribution in [0.2, 0.25) is 0 Å². The molecule has 0 bridgehead atoms. The number of hydrogen-bond donors (Lipinski definition) is 1. The fraction of sp³-hybridized carbons (Fsp3) is 0.200. The van der Waals surface area contributed by atoms with Crippen LogP contribution in [0.4, 0.5) is 11.4 Å². The molecule has 1 aromatic carbocycles. The van der Waals surface area contributed by atoms with Gasteiger partial charge in [0, 0.05) is 24.8 Å². The summed E-state index contributed by atoms with van der Waals surface area (Å²) in [6.45, 7) is 2.77. The maximum Gasteiger partial charge on any atom is 0.270 e. The van der Waals surface area contributed by atoms with Crippen LogP contribution >= 0.6 is 0 Å². The molecule has 1 heterocycles. The molecule has 0 aliphatic carbocycles. The van der Waals surface area contributed by atoms with Crippen LogP contribution in [-0.2, 0) is 16.3 Å². The van der Waals surface area contributed by atoms with Crippen molar-refractivity contribution in [3.63, 3.8) is 0 Å². The number of anilines is 1. The fourth-order valence-corrected chi connectivity index (χ4v) is 1.78. The number of aromatic nitrogens is 2. The largest absolute Gasteiger partial charge is 0.360 e. The number of ether oxygens (including phenoxy) is 1. The molecule has 23 heavy (non-hydrogen) atoms. The summed E-state index contributed by atoms with van der Waals surface area (Å²) in [5.74, 6) is -0.354. The summed E-state index contributed by atoms with van der Waals surface area (Å²) in [7, 11) is 0. The second kappa shape index (κ2) is 7.85. The first-order valence-electron chi connectivity index (χ1n) is 6.92. The number of nitro benzene ring substituents is 1. The quantitative estimate of drug-likeness (QED) is 0.480. The third-order valence-electron chi connectivity index (χ3n) is 2.84. The van der Waals surface area contributed by atoms with Crippen molar-refractivity contribution >= 4 is 23.4 Å². The first-order chi connectivity index (χ1) is 11.1. The minimum absolute atomic E-state index is 0.0234.